The molecule has 0 fully saturated rings. The maximum Gasteiger partial charge on any atom is 0.0986 e. The van der Waals surface area contributed by atoms with Crippen LogP contribution in [-0.4, -0.2) is 19.3 Å². The molecule has 4 heteroatoms. The average molecular weight is 326 g/mol. The van der Waals surface area contributed by atoms with E-state index in [1.54, 1.807) is 0 Å². The summed E-state index contributed by atoms with van der Waals surface area (Å²) in [5, 5.41) is 0. The van der Waals surface area contributed by atoms with Crippen molar-refractivity contribution in [3.63, 3.8) is 0 Å². The van der Waals surface area contributed by atoms with Crippen LogP contribution in [0.25, 0.3) is 0 Å². The largest absolute Gasteiger partial charge is 0.399 e. The van der Waals surface area contributed by atoms with Gasteiger partial charge in [0.05, 0.1) is 6.17 Å². The van der Waals surface area contributed by atoms with Crippen molar-refractivity contribution in [2.75, 3.05) is 34.4 Å². The number of hydrogen-bond acceptors (Lipinski definition) is 4. The van der Waals surface area contributed by atoms with Gasteiger partial charge in [0.2, 0.25) is 0 Å². The van der Waals surface area contributed by atoms with E-state index >= 15 is 0 Å². The van der Waals surface area contributed by atoms with Crippen LogP contribution in [0.15, 0.2) is 36.4 Å². The highest BCUT2D eigenvalue weighted by Crippen LogP contribution is 2.27. The van der Waals surface area contributed by atoms with Crippen molar-refractivity contribution < 1.29 is 0 Å². The maximum atomic E-state index is 5.97. The van der Waals surface area contributed by atoms with Crippen LogP contribution in [-0.2, 0) is 0 Å². The molecule has 0 saturated carbocycles. The van der Waals surface area contributed by atoms with Gasteiger partial charge in [-0.05, 0) is 82.1 Å². The van der Waals surface area contributed by atoms with Crippen molar-refractivity contribution in [3.05, 3.63) is 47.5 Å². The van der Waals surface area contributed by atoms with Crippen LogP contribution in [0.3, 0.4) is 0 Å². The first-order chi connectivity index (χ1) is 11.4. The summed E-state index contributed by atoms with van der Waals surface area (Å²) in [6, 6.07) is 12.5. The smallest absolute Gasteiger partial charge is 0.0986 e. The number of benzene rings is 2. The molecule has 2 aromatic rings. The van der Waals surface area contributed by atoms with Crippen molar-refractivity contribution >= 4 is 22.7 Å². The summed E-state index contributed by atoms with van der Waals surface area (Å²) < 4.78 is 0. The van der Waals surface area contributed by atoms with E-state index in [1.807, 2.05) is 12.1 Å². The molecular formula is C20H30N4. The molecule has 0 amide bonds. The molecule has 0 saturated heterocycles. The Morgan fingerprint density at radius 1 is 0.792 bits per heavy atom. The molecule has 0 aromatic heterocycles. The first-order valence-electron chi connectivity index (χ1n) is 8.64. The van der Waals surface area contributed by atoms with Gasteiger partial charge in [0.1, 0.15) is 0 Å². The second-order valence-corrected chi connectivity index (χ2v) is 6.29. The molecule has 4 N–H and O–H groups in total. The third-order valence-corrected chi connectivity index (χ3v) is 4.75. The van der Waals surface area contributed by atoms with Gasteiger partial charge in [-0.25, -0.2) is 0 Å². The van der Waals surface area contributed by atoms with Crippen LogP contribution in [0.4, 0.5) is 22.7 Å². The molecule has 0 aliphatic heterocycles. The molecule has 2 rings (SSSR count). The lowest BCUT2D eigenvalue weighted by atomic mass is 10.1. The Bertz CT molecular complexity index is 637. The third-order valence-electron chi connectivity index (χ3n) is 4.75. The summed E-state index contributed by atoms with van der Waals surface area (Å²) in [6.07, 6.45) is 0.228. The molecule has 4 nitrogen and oxygen atoms in total. The van der Waals surface area contributed by atoms with E-state index in [0.29, 0.717) is 0 Å². The van der Waals surface area contributed by atoms with Gasteiger partial charge in [-0.15, -0.1) is 0 Å². The standard InChI is InChI=1S/C20H30N4/c1-6-23(17-8-10-19(21)14(3)12-17)16(5)24(7-2)18-9-11-20(22)15(4)13-18/h8-13,16H,6-7,21-22H2,1-5H3. The van der Waals surface area contributed by atoms with Crippen LogP contribution >= 0.6 is 0 Å². The molecule has 0 aliphatic carbocycles. The van der Waals surface area contributed by atoms with E-state index < -0.39 is 0 Å². The van der Waals surface area contributed by atoms with Crippen LogP contribution in [0.2, 0.25) is 0 Å². The summed E-state index contributed by atoms with van der Waals surface area (Å²) in [5.74, 6) is 0. The molecule has 2 aromatic carbocycles. The van der Waals surface area contributed by atoms with Crippen LogP contribution < -0.4 is 21.3 Å². The number of rotatable bonds is 6. The number of nitrogens with two attached hydrogens (primary N) is 2. The summed E-state index contributed by atoms with van der Waals surface area (Å²) in [5.41, 5.74) is 18.2. The SMILES string of the molecule is CCN(c1ccc(N)c(C)c1)C(C)N(CC)c1ccc(N)c(C)c1. The molecule has 24 heavy (non-hydrogen) atoms. The second kappa shape index (κ2) is 7.47. The van der Waals surface area contributed by atoms with Crippen molar-refractivity contribution in [1.29, 1.82) is 0 Å². The highest BCUT2D eigenvalue weighted by Gasteiger charge is 2.20. The van der Waals surface area contributed by atoms with E-state index in [-0.39, 0.29) is 6.17 Å². The third kappa shape index (κ3) is 3.58. The summed E-state index contributed by atoms with van der Waals surface area (Å²) in [6.45, 7) is 12.6. The fourth-order valence-corrected chi connectivity index (χ4v) is 3.17. The van der Waals surface area contributed by atoms with E-state index in [2.05, 4.69) is 68.7 Å². The highest BCUT2D eigenvalue weighted by atomic mass is 15.3. The zero-order chi connectivity index (χ0) is 17.9. The normalized spacial score (nSPS) is 10.9. The fraction of sp³-hybridized carbons (Fsp3) is 0.400. The van der Waals surface area contributed by atoms with Gasteiger partial charge in [0, 0.05) is 35.8 Å². The molecule has 0 unspecified atom stereocenters. The van der Waals surface area contributed by atoms with E-state index in [1.165, 1.54) is 11.4 Å². The number of nitrogen functional groups attached to an aromatic ring is 2. The zero-order valence-electron chi connectivity index (χ0n) is 15.5. The molecular weight excluding hydrogens is 296 g/mol. The highest BCUT2D eigenvalue weighted by molar-refractivity contribution is 5.62. The summed E-state index contributed by atoms with van der Waals surface area (Å²) in [7, 11) is 0. The minimum atomic E-state index is 0.228. The quantitative estimate of drug-likeness (QED) is 0.618. The zero-order valence-corrected chi connectivity index (χ0v) is 15.5. The Hall–Kier alpha value is -2.36. The van der Waals surface area contributed by atoms with E-state index in [9.17, 15) is 0 Å². The first-order valence-corrected chi connectivity index (χ1v) is 8.64. The van der Waals surface area contributed by atoms with Crippen molar-refractivity contribution in [2.45, 2.75) is 40.8 Å². The van der Waals surface area contributed by atoms with Crippen LogP contribution in [0, 0.1) is 13.8 Å². The Kier molecular flexibility index (Phi) is 5.60. The Labute approximate surface area is 146 Å². The first kappa shape index (κ1) is 18.0. The van der Waals surface area contributed by atoms with E-state index in [4.69, 9.17) is 11.5 Å². The van der Waals surface area contributed by atoms with Crippen molar-refractivity contribution in [2.24, 2.45) is 0 Å². The summed E-state index contributed by atoms with van der Waals surface area (Å²) in [4.78, 5) is 4.78. The van der Waals surface area contributed by atoms with Crippen LogP contribution in [0.1, 0.15) is 31.9 Å². The monoisotopic (exact) mass is 326 g/mol. The summed E-state index contributed by atoms with van der Waals surface area (Å²) >= 11 is 0. The molecule has 130 valence electrons. The van der Waals surface area contributed by atoms with Gasteiger partial charge in [-0.2, -0.15) is 0 Å². The average Bonchev–Trinajstić information content (AvgIpc) is 2.55. The minimum Gasteiger partial charge on any atom is -0.399 e. The van der Waals surface area contributed by atoms with Gasteiger partial charge in [-0.1, -0.05) is 0 Å². The molecule has 0 bridgehead atoms. The van der Waals surface area contributed by atoms with Crippen molar-refractivity contribution in [1.82, 2.24) is 0 Å². The predicted octanol–water partition coefficient (Wildman–Crippen LogP) is 4.17. The van der Waals surface area contributed by atoms with E-state index in [0.717, 1.165) is 35.6 Å². The lowest BCUT2D eigenvalue weighted by molar-refractivity contribution is 0.607. The lowest BCUT2D eigenvalue weighted by Gasteiger charge is -2.40. The molecule has 0 atom stereocenters. The topological polar surface area (TPSA) is 58.5 Å². The van der Waals surface area contributed by atoms with Gasteiger partial charge in [0.15, 0.2) is 0 Å². The van der Waals surface area contributed by atoms with Gasteiger partial charge < -0.3 is 21.3 Å². The predicted molar refractivity (Wildman–Crippen MR) is 107 cm³/mol. The van der Waals surface area contributed by atoms with Crippen LogP contribution in [0.5, 0.6) is 0 Å². The number of anilines is 4. The number of aryl methyl sites for hydroxylation is 2. The fourth-order valence-electron chi connectivity index (χ4n) is 3.17. The van der Waals surface area contributed by atoms with Gasteiger partial charge in [-0.3, -0.25) is 0 Å². The Morgan fingerprint density at radius 3 is 1.46 bits per heavy atom. The second-order valence-electron chi connectivity index (χ2n) is 6.29. The molecule has 0 radical (unpaired) electrons. The number of nitrogens with zero attached hydrogens (tertiary/aromatic N) is 2. The molecule has 0 spiro atoms. The lowest BCUT2D eigenvalue weighted by Crippen LogP contribution is -2.47. The maximum absolute atomic E-state index is 5.97. The van der Waals surface area contributed by atoms with Crippen molar-refractivity contribution in [3.8, 4) is 0 Å². The van der Waals surface area contributed by atoms with Gasteiger partial charge in [0.25, 0.3) is 0 Å². The number of hydrogen-bond donors (Lipinski definition) is 2. The molecule has 0 heterocycles. The van der Waals surface area contributed by atoms with Gasteiger partial charge >= 0.3 is 0 Å². The minimum absolute atomic E-state index is 0.228. The molecule has 0 aliphatic rings. The Balaban J connectivity index is 2.34. The Morgan fingerprint density at radius 2 is 1.17 bits per heavy atom.